The van der Waals surface area contributed by atoms with E-state index in [2.05, 4.69) is 0 Å². The van der Waals surface area contributed by atoms with Crippen molar-refractivity contribution in [2.45, 2.75) is 0 Å². The van der Waals surface area contributed by atoms with Crippen LogP contribution in [0.5, 0.6) is 5.75 Å². The van der Waals surface area contributed by atoms with Crippen LogP contribution in [0.1, 0.15) is 0 Å². The first-order chi connectivity index (χ1) is 4.61. The SMILES string of the molecule is Cn1c[n+](C)cc(O)c1=O. The Bertz CT molecular complexity index is 277. The lowest BCUT2D eigenvalue weighted by Crippen LogP contribution is -2.34. The summed E-state index contributed by atoms with van der Waals surface area (Å²) < 4.78 is 2.92. The Morgan fingerprint density at radius 2 is 2.30 bits per heavy atom. The average molecular weight is 141 g/mol. The Morgan fingerprint density at radius 3 is 2.80 bits per heavy atom. The van der Waals surface area contributed by atoms with Gasteiger partial charge in [-0.3, -0.25) is 0 Å². The van der Waals surface area contributed by atoms with Crippen LogP contribution in [0.15, 0.2) is 17.3 Å². The number of aromatic nitrogens is 2. The molecular weight excluding hydrogens is 132 g/mol. The smallest absolute Gasteiger partial charge is 0.379 e. The van der Waals surface area contributed by atoms with Crippen LogP contribution in [0.25, 0.3) is 0 Å². The third-order valence-electron chi connectivity index (χ3n) is 1.22. The van der Waals surface area contributed by atoms with Crippen molar-refractivity contribution in [3.63, 3.8) is 0 Å². The summed E-state index contributed by atoms with van der Waals surface area (Å²) in [5, 5.41) is 8.93. The van der Waals surface area contributed by atoms with Crippen LogP contribution in [-0.2, 0) is 14.1 Å². The summed E-state index contributed by atoms with van der Waals surface area (Å²) in [6.07, 6.45) is 2.95. The quantitative estimate of drug-likeness (QED) is 0.467. The molecule has 0 saturated heterocycles. The van der Waals surface area contributed by atoms with Gasteiger partial charge in [-0.05, 0) is 0 Å². The van der Waals surface area contributed by atoms with Gasteiger partial charge in [-0.2, -0.15) is 4.57 Å². The number of rotatable bonds is 0. The summed E-state index contributed by atoms with van der Waals surface area (Å²) >= 11 is 0. The molecule has 0 aromatic carbocycles. The maximum atomic E-state index is 10.8. The van der Waals surface area contributed by atoms with Gasteiger partial charge in [0, 0.05) is 0 Å². The topological polar surface area (TPSA) is 46.1 Å². The van der Waals surface area contributed by atoms with Crippen LogP contribution in [0.4, 0.5) is 0 Å². The van der Waals surface area contributed by atoms with Crippen molar-refractivity contribution in [2.24, 2.45) is 14.1 Å². The second-order valence-corrected chi connectivity index (χ2v) is 2.21. The second kappa shape index (κ2) is 2.13. The van der Waals surface area contributed by atoms with Gasteiger partial charge in [-0.25, -0.2) is 9.36 Å². The van der Waals surface area contributed by atoms with Gasteiger partial charge in [0.1, 0.15) is 6.20 Å². The molecule has 0 aliphatic rings. The van der Waals surface area contributed by atoms with Gasteiger partial charge in [-0.15, -0.1) is 0 Å². The molecule has 1 aromatic heterocycles. The molecule has 1 rings (SSSR count). The maximum absolute atomic E-state index is 10.8. The van der Waals surface area contributed by atoms with Crippen molar-refractivity contribution in [1.29, 1.82) is 0 Å². The number of aromatic hydroxyl groups is 1. The summed E-state index contributed by atoms with van der Waals surface area (Å²) in [4.78, 5) is 10.8. The fourth-order valence-electron chi connectivity index (χ4n) is 0.788. The van der Waals surface area contributed by atoms with Crippen molar-refractivity contribution >= 4 is 0 Å². The second-order valence-electron chi connectivity index (χ2n) is 2.21. The third kappa shape index (κ3) is 1.00. The number of hydrogen-bond acceptors (Lipinski definition) is 2. The minimum Gasteiger partial charge on any atom is -0.499 e. The highest BCUT2D eigenvalue weighted by molar-refractivity contribution is 5.05. The first kappa shape index (κ1) is 6.80. The summed E-state index contributed by atoms with van der Waals surface area (Å²) in [5.41, 5.74) is -0.377. The van der Waals surface area contributed by atoms with Crippen molar-refractivity contribution in [2.75, 3.05) is 0 Å². The van der Waals surface area contributed by atoms with Crippen LogP contribution in [0.2, 0.25) is 0 Å². The highest BCUT2D eigenvalue weighted by atomic mass is 16.3. The third-order valence-corrected chi connectivity index (χ3v) is 1.22. The van der Waals surface area contributed by atoms with Crippen LogP contribution < -0.4 is 10.1 Å². The summed E-state index contributed by atoms with van der Waals surface area (Å²) in [6, 6.07) is 0. The minimum atomic E-state index is -0.377. The Kier molecular flexibility index (Phi) is 1.45. The predicted molar refractivity (Wildman–Crippen MR) is 34.5 cm³/mol. The molecule has 0 unspecified atom stereocenters. The molecule has 0 bridgehead atoms. The van der Waals surface area contributed by atoms with Gasteiger partial charge in [0.05, 0.1) is 14.1 Å². The zero-order valence-corrected chi connectivity index (χ0v) is 5.90. The normalized spacial score (nSPS) is 9.80. The molecule has 4 nitrogen and oxygen atoms in total. The molecule has 4 heteroatoms. The van der Waals surface area contributed by atoms with E-state index in [1.165, 1.54) is 10.8 Å². The minimum absolute atomic E-state index is 0.229. The fraction of sp³-hybridized carbons (Fsp3) is 0.333. The molecule has 0 fully saturated rings. The van der Waals surface area contributed by atoms with Crippen molar-refractivity contribution in [1.82, 2.24) is 4.57 Å². The molecule has 0 saturated carbocycles. The Labute approximate surface area is 58.0 Å². The van der Waals surface area contributed by atoms with Crippen LogP contribution in [-0.4, -0.2) is 9.67 Å². The molecule has 54 valence electrons. The lowest BCUT2D eigenvalue weighted by Gasteiger charge is -1.92. The van der Waals surface area contributed by atoms with Gasteiger partial charge >= 0.3 is 5.56 Å². The van der Waals surface area contributed by atoms with Crippen molar-refractivity contribution in [3.8, 4) is 5.75 Å². The molecule has 0 aliphatic heterocycles. The van der Waals surface area contributed by atoms with E-state index in [9.17, 15) is 4.79 Å². The number of nitrogens with zero attached hydrogens (tertiary/aromatic N) is 2. The highest BCUT2D eigenvalue weighted by Crippen LogP contribution is 1.89. The fourth-order valence-corrected chi connectivity index (χ4v) is 0.788. The lowest BCUT2D eigenvalue weighted by molar-refractivity contribution is -0.676. The molecule has 1 N–H and O–H groups in total. The van der Waals surface area contributed by atoms with Crippen LogP contribution in [0, 0.1) is 0 Å². The van der Waals surface area contributed by atoms with E-state index in [0.29, 0.717) is 0 Å². The number of hydrogen-bond donors (Lipinski definition) is 1. The van der Waals surface area contributed by atoms with E-state index in [1.54, 1.807) is 25.0 Å². The molecule has 0 amide bonds. The first-order valence-corrected chi connectivity index (χ1v) is 2.86. The average Bonchev–Trinajstić information content (AvgIpc) is 1.82. The molecule has 1 aromatic rings. The van der Waals surface area contributed by atoms with Gasteiger partial charge in [0.2, 0.25) is 12.1 Å². The highest BCUT2D eigenvalue weighted by Gasteiger charge is 2.04. The Morgan fingerprint density at radius 1 is 1.70 bits per heavy atom. The van der Waals surface area contributed by atoms with Gasteiger partial charge in [0.25, 0.3) is 0 Å². The largest absolute Gasteiger partial charge is 0.499 e. The predicted octanol–water partition coefficient (Wildman–Crippen LogP) is -1.08. The van der Waals surface area contributed by atoms with Crippen LogP contribution in [0.3, 0.4) is 0 Å². The summed E-state index contributed by atoms with van der Waals surface area (Å²) in [7, 11) is 3.32. The molecule has 0 spiro atoms. The molecule has 1 heterocycles. The summed E-state index contributed by atoms with van der Waals surface area (Å²) in [5.74, 6) is -0.229. The molecule has 0 atom stereocenters. The first-order valence-electron chi connectivity index (χ1n) is 2.86. The monoisotopic (exact) mass is 141 g/mol. The zero-order valence-electron chi connectivity index (χ0n) is 5.90. The van der Waals surface area contributed by atoms with Gasteiger partial charge < -0.3 is 5.11 Å². The molecular formula is C6H9N2O2+. The van der Waals surface area contributed by atoms with E-state index >= 15 is 0 Å². The van der Waals surface area contributed by atoms with Crippen LogP contribution >= 0.6 is 0 Å². The van der Waals surface area contributed by atoms with Gasteiger partial charge in [-0.1, -0.05) is 0 Å². The molecule has 0 aliphatic carbocycles. The lowest BCUT2D eigenvalue weighted by atomic mass is 10.6. The van der Waals surface area contributed by atoms with Crippen molar-refractivity contribution < 1.29 is 9.67 Å². The van der Waals surface area contributed by atoms with E-state index in [0.717, 1.165) is 0 Å². The van der Waals surface area contributed by atoms with Crippen molar-refractivity contribution in [3.05, 3.63) is 22.9 Å². The molecule has 0 radical (unpaired) electrons. The van der Waals surface area contributed by atoms with E-state index in [1.807, 2.05) is 0 Å². The Balaban J connectivity index is 3.46. The van der Waals surface area contributed by atoms with E-state index in [-0.39, 0.29) is 11.3 Å². The number of aryl methyl sites for hydroxylation is 2. The standard InChI is InChI=1S/C6H8N2O2/c1-7-3-5(9)6(10)8(2)4-7/h3-4H,1-2H3/p+1. The van der Waals surface area contributed by atoms with Gasteiger partial charge in [0.15, 0.2) is 0 Å². The zero-order chi connectivity index (χ0) is 7.72. The Hall–Kier alpha value is -1.32. The summed E-state index contributed by atoms with van der Waals surface area (Å²) in [6.45, 7) is 0. The molecule has 10 heavy (non-hydrogen) atoms. The van der Waals surface area contributed by atoms with E-state index in [4.69, 9.17) is 5.11 Å². The maximum Gasteiger partial charge on any atom is 0.379 e. The van der Waals surface area contributed by atoms with E-state index < -0.39 is 0 Å².